The summed E-state index contributed by atoms with van der Waals surface area (Å²) < 4.78 is 7.61. The third kappa shape index (κ3) is 1.50. The van der Waals surface area contributed by atoms with Gasteiger partial charge in [0.1, 0.15) is 0 Å². The molecule has 0 saturated heterocycles. The molecule has 0 spiro atoms. The van der Waals surface area contributed by atoms with Crippen molar-refractivity contribution in [2.45, 2.75) is 26.3 Å². The molecule has 2 N–H and O–H groups in total. The van der Waals surface area contributed by atoms with Crippen LogP contribution >= 0.6 is 0 Å². The molecular formula is C10H17N3O. The number of nitrogens with two attached hydrogens (primary N) is 1. The summed E-state index contributed by atoms with van der Waals surface area (Å²) in [5.74, 6) is 1.81. The first-order chi connectivity index (χ1) is 6.72. The van der Waals surface area contributed by atoms with Crippen molar-refractivity contribution in [2.24, 2.45) is 11.7 Å². The van der Waals surface area contributed by atoms with Crippen LogP contribution in [0.15, 0.2) is 6.20 Å². The summed E-state index contributed by atoms with van der Waals surface area (Å²) >= 11 is 0. The molecule has 4 heteroatoms. The second-order valence-electron chi connectivity index (χ2n) is 4.15. The molecule has 1 aliphatic rings. The molecule has 0 aromatic carbocycles. The minimum Gasteiger partial charge on any atom is -0.477 e. The Bertz CT molecular complexity index is 319. The van der Waals surface area contributed by atoms with Gasteiger partial charge in [0.2, 0.25) is 5.88 Å². The highest BCUT2D eigenvalue weighted by Crippen LogP contribution is 2.29. The lowest BCUT2D eigenvalue weighted by atomic mass is 10.1. The van der Waals surface area contributed by atoms with Gasteiger partial charge in [-0.1, -0.05) is 13.8 Å². The van der Waals surface area contributed by atoms with Gasteiger partial charge in [0.15, 0.2) is 0 Å². The fourth-order valence-electron chi connectivity index (χ4n) is 1.71. The van der Waals surface area contributed by atoms with E-state index in [0.717, 1.165) is 19.0 Å². The van der Waals surface area contributed by atoms with Gasteiger partial charge in [-0.2, -0.15) is 5.10 Å². The number of fused-ring (bicyclic) bond motifs is 1. The van der Waals surface area contributed by atoms with Gasteiger partial charge in [0.05, 0.1) is 19.3 Å². The zero-order valence-corrected chi connectivity index (χ0v) is 8.73. The fraction of sp³-hybridized carbons (Fsp3) is 0.700. The Balaban J connectivity index is 2.25. The summed E-state index contributed by atoms with van der Waals surface area (Å²) in [6.45, 7) is 6.57. The average molecular weight is 195 g/mol. The highest BCUT2D eigenvalue weighted by molar-refractivity contribution is 5.28. The zero-order valence-electron chi connectivity index (χ0n) is 8.73. The Kier molecular flexibility index (Phi) is 2.46. The largest absolute Gasteiger partial charge is 0.477 e. The van der Waals surface area contributed by atoms with Crippen molar-refractivity contribution in [3.8, 4) is 5.88 Å². The normalized spacial score (nSPS) is 20.7. The summed E-state index contributed by atoms with van der Waals surface area (Å²) in [5, 5.41) is 4.31. The van der Waals surface area contributed by atoms with Crippen molar-refractivity contribution in [3.05, 3.63) is 11.8 Å². The monoisotopic (exact) mass is 195 g/mol. The Morgan fingerprint density at radius 2 is 2.50 bits per heavy atom. The van der Waals surface area contributed by atoms with E-state index in [4.69, 9.17) is 10.5 Å². The second-order valence-corrected chi connectivity index (χ2v) is 4.15. The summed E-state index contributed by atoms with van der Waals surface area (Å²) in [6, 6.07) is 0. The number of hydrogen-bond acceptors (Lipinski definition) is 3. The lowest BCUT2D eigenvalue weighted by Gasteiger charge is -2.24. The first-order valence-electron chi connectivity index (χ1n) is 5.11. The minimum atomic E-state index is 0.405. The molecule has 0 radical (unpaired) electrons. The summed E-state index contributed by atoms with van der Waals surface area (Å²) in [6.07, 6.45) is 1.90. The molecule has 1 aliphatic heterocycles. The number of rotatable bonds is 2. The Hall–Kier alpha value is -1.03. The smallest absolute Gasteiger partial charge is 0.215 e. The minimum absolute atomic E-state index is 0.405. The summed E-state index contributed by atoms with van der Waals surface area (Å²) in [7, 11) is 0. The number of ether oxygens (including phenoxy) is 1. The molecule has 2 rings (SSSR count). The molecule has 2 heterocycles. The first-order valence-corrected chi connectivity index (χ1v) is 5.11. The molecule has 78 valence electrons. The molecule has 1 aromatic rings. The highest BCUT2D eigenvalue weighted by atomic mass is 16.5. The van der Waals surface area contributed by atoms with E-state index in [1.807, 2.05) is 10.9 Å². The molecule has 0 saturated carbocycles. The van der Waals surface area contributed by atoms with Gasteiger partial charge >= 0.3 is 0 Å². The average Bonchev–Trinajstić information content (AvgIpc) is 2.59. The molecule has 0 bridgehead atoms. The van der Waals surface area contributed by atoms with E-state index >= 15 is 0 Å². The molecular weight excluding hydrogens is 178 g/mol. The maximum Gasteiger partial charge on any atom is 0.215 e. The van der Waals surface area contributed by atoms with Crippen molar-refractivity contribution >= 4 is 0 Å². The van der Waals surface area contributed by atoms with Gasteiger partial charge in [-0.15, -0.1) is 0 Å². The van der Waals surface area contributed by atoms with Gasteiger partial charge in [0, 0.05) is 18.0 Å². The predicted molar refractivity (Wildman–Crippen MR) is 54.4 cm³/mol. The second kappa shape index (κ2) is 3.61. The van der Waals surface area contributed by atoms with Crippen LogP contribution in [0.3, 0.4) is 0 Å². The maximum absolute atomic E-state index is 5.68. The van der Waals surface area contributed by atoms with E-state index in [2.05, 4.69) is 18.9 Å². The lowest BCUT2D eigenvalue weighted by Crippen LogP contribution is -2.31. The van der Waals surface area contributed by atoms with Gasteiger partial charge in [0.25, 0.3) is 0 Å². The third-order valence-electron chi connectivity index (χ3n) is 2.66. The number of aromatic nitrogens is 2. The van der Waals surface area contributed by atoms with Crippen LogP contribution in [-0.2, 0) is 6.54 Å². The van der Waals surface area contributed by atoms with Crippen LogP contribution in [0.25, 0.3) is 0 Å². The van der Waals surface area contributed by atoms with Crippen molar-refractivity contribution in [3.63, 3.8) is 0 Å². The van der Waals surface area contributed by atoms with E-state index in [-0.39, 0.29) is 0 Å². The van der Waals surface area contributed by atoms with Crippen LogP contribution in [-0.4, -0.2) is 22.9 Å². The van der Waals surface area contributed by atoms with Gasteiger partial charge in [-0.3, -0.25) is 0 Å². The van der Waals surface area contributed by atoms with Crippen LogP contribution in [0.5, 0.6) is 5.88 Å². The molecule has 0 aliphatic carbocycles. The van der Waals surface area contributed by atoms with Crippen molar-refractivity contribution in [2.75, 3.05) is 13.2 Å². The molecule has 4 nitrogen and oxygen atoms in total. The van der Waals surface area contributed by atoms with Crippen LogP contribution in [0.4, 0.5) is 0 Å². The van der Waals surface area contributed by atoms with Gasteiger partial charge < -0.3 is 10.5 Å². The SMILES string of the molecule is CC(C)c1cnn2c1OC[C@H](CN)C2. The fourth-order valence-corrected chi connectivity index (χ4v) is 1.71. The topological polar surface area (TPSA) is 53.1 Å². The molecule has 0 unspecified atom stereocenters. The van der Waals surface area contributed by atoms with Crippen LogP contribution in [0.1, 0.15) is 25.3 Å². The van der Waals surface area contributed by atoms with Crippen LogP contribution < -0.4 is 10.5 Å². The third-order valence-corrected chi connectivity index (χ3v) is 2.66. The van der Waals surface area contributed by atoms with Crippen molar-refractivity contribution < 1.29 is 4.74 Å². The zero-order chi connectivity index (χ0) is 10.1. The molecule has 0 fully saturated rings. The Labute approximate surface area is 84.0 Å². The van der Waals surface area contributed by atoms with E-state index < -0.39 is 0 Å². The van der Waals surface area contributed by atoms with E-state index in [9.17, 15) is 0 Å². The summed E-state index contributed by atoms with van der Waals surface area (Å²) in [4.78, 5) is 0. The quantitative estimate of drug-likeness (QED) is 0.765. The lowest BCUT2D eigenvalue weighted by molar-refractivity contribution is 0.166. The van der Waals surface area contributed by atoms with Crippen LogP contribution in [0.2, 0.25) is 0 Å². The molecule has 1 atom stereocenters. The highest BCUT2D eigenvalue weighted by Gasteiger charge is 2.23. The van der Waals surface area contributed by atoms with Crippen molar-refractivity contribution in [1.82, 2.24) is 9.78 Å². The molecule has 1 aromatic heterocycles. The Morgan fingerprint density at radius 1 is 1.71 bits per heavy atom. The van der Waals surface area contributed by atoms with Crippen molar-refractivity contribution in [1.29, 1.82) is 0 Å². The van der Waals surface area contributed by atoms with Gasteiger partial charge in [-0.25, -0.2) is 4.68 Å². The van der Waals surface area contributed by atoms with E-state index in [1.54, 1.807) is 0 Å². The maximum atomic E-state index is 5.68. The van der Waals surface area contributed by atoms with E-state index in [1.165, 1.54) is 5.56 Å². The summed E-state index contributed by atoms with van der Waals surface area (Å²) in [5.41, 5.74) is 6.80. The number of nitrogens with zero attached hydrogens (tertiary/aromatic N) is 2. The molecule has 14 heavy (non-hydrogen) atoms. The predicted octanol–water partition coefficient (Wildman–Crippen LogP) is 0.974. The number of hydrogen-bond donors (Lipinski definition) is 1. The van der Waals surface area contributed by atoms with Gasteiger partial charge in [-0.05, 0) is 5.92 Å². The first kappa shape index (κ1) is 9.52. The standard InChI is InChI=1S/C10H17N3O/c1-7(2)9-4-12-13-5-8(3-11)6-14-10(9)13/h4,7-8H,3,5-6,11H2,1-2H3/t8-/m1/s1. The van der Waals surface area contributed by atoms with Crippen LogP contribution in [0, 0.1) is 5.92 Å². The van der Waals surface area contributed by atoms with E-state index in [0.29, 0.717) is 18.4 Å². The molecule has 0 amide bonds. The Morgan fingerprint density at radius 3 is 3.14 bits per heavy atom.